The molecule has 0 unspecified atom stereocenters. The summed E-state index contributed by atoms with van der Waals surface area (Å²) < 4.78 is 10.4. The van der Waals surface area contributed by atoms with E-state index in [2.05, 4.69) is 0 Å². The van der Waals surface area contributed by atoms with Gasteiger partial charge in [-0.25, -0.2) is 4.79 Å². The molecule has 0 saturated carbocycles. The molecule has 0 amide bonds. The van der Waals surface area contributed by atoms with Gasteiger partial charge in [-0.3, -0.25) is 10.1 Å². The van der Waals surface area contributed by atoms with Crippen molar-refractivity contribution in [2.24, 2.45) is 0 Å². The Hall–Kier alpha value is -2.60. The van der Waals surface area contributed by atoms with E-state index in [4.69, 9.17) is 20.8 Å². The Morgan fingerprint density at radius 2 is 2.18 bits per heavy atom. The van der Waals surface area contributed by atoms with Gasteiger partial charge in [0.15, 0.2) is 0 Å². The lowest BCUT2D eigenvalue weighted by molar-refractivity contribution is -0.401. The molecular formula is C15H12ClNO5. The fourth-order valence-corrected chi connectivity index (χ4v) is 1.97. The third-order valence-electron chi connectivity index (χ3n) is 2.73. The molecule has 114 valence electrons. The fourth-order valence-electron chi connectivity index (χ4n) is 1.78. The first-order valence-electron chi connectivity index (χ1n) is 6.40. The first kappa shape index (κ1) is 15.8. The predicted octanol–water partition coefficient (Wildman–Crippen LogP) is 4.02. The number of nitro groups is 1. The molecule has 7 heteroatoms. The van der Waals surface area contributed by atoms with Gasteiger partial charge < -0.3 is 9.15 Å². The molecule has 2 rings (SSSR count). The lowest BCUT2D eigenvalue weighted by Gasteiger charge is -2.05. The molecular weight excluding hydrogens is 310 g/mol. The van der Waals surface area contributed by atoms with Crippen LogP contribution in [-0.2, 0) is 4.74 Å². The van der Waals surface area contributed by atoms with Gasteiger partial charge in [0.05, 0.1) is 28.2 Å². The van der Waals surface area contributed by atoms with E-state index in [1.54, 1.807) is 37.3 Å². The Bertz CT molecular complexity index is 735. The number of furan rings is 1. The van der Waals surface area contributed by atoms with Gasteiger partial charge in [0.25, 0.3) is 0 Å². The second kappa shape index (κ2) is 6.91. The van der Waals surface area contributed by atoms with Crippen molar-refractivity contribution in [2.45, 2.75) is 6.92 Å². The third kappa shape index (κ3) is 3.73. The van der Waals surface area contributed by atoms with E-state index in [0.29, 0.717) is 17.1 Å². The van der Waals surface area contributed by atoms with E-state index in [9.17, 15) is 14.9 Å². The van der Waals surface area contributed by atoms with Gasteiger partial charge in [0.2, 0.25) is 6.20 Å². The first-order valence-corrected chi connectivity index (χ1v) is 6.77. The first-order chi connectivity index (χ1) is 10.5. The van der Waals surface area contributed by atoms with Gasteiger partial charge in [0.1, 0.15) is 11.5 Å². The highest BCUT2D eigenvalue weighted by atomic mass is 35.5. The minimum atomic E-state index is -0.580. The summed E-state index contributed by atoms with van der Waals surface area (Å²) in [5, 5.41) is 10.6. The fraction of sp³-hybridized carbons (Fsp3) is 0.133. The molecule has 0 aliphatic rings. The van der Waals surface area contributed by atoms with Crippen LogP contribution in [0.1, 0.15) is 23.0 Å². The Morgan fingerprint density at radius 1 is 1.41 bits per heavy atom. The average molecular weight is 322 g/mol. The van der Waals surface area contributed by atoms with Gasteiger partial charge in [-0.05, 0) is 37.3 Å². The zero-order valence-electron chi connectivity index (χ0n) is 11.6. The number of esters is 1. The summed E-state index contributed by atoms with van der Waals surface area (Å²) in [6.07, 6.45) is 2.03. The molecule has 1 aromatic carbocycles. The number of carbonyl (C=O) groups is 1. The van der Waals surface area contributed by atoms with E-state index >= 15 is 0 Å². The normalized spacial score (nSPS) is 10.8. The molecule has 0 spiro atoms. The summed E-state index contributed by atoms with van der Waals surface area (Å²) in [6, 6.07) is 8.05. The van der Waals surface area contributed by atoms with Crippen LogP contribution in [0.4, 0.5) is 0 Å². The number of nitrogens with zero attached hydrogens (tertiary/aromatic N) is 1. The van der Waals surface area contributed by atoms with Crippen LogP contribution in [0.2, 0.25) is 5.02 Å². The van der Waals surface area contributed by atoms with E-state index in [1.165, 1.54) is 6.08 Å². The number of carbonyl (C=O) groups excluding carboxylic acids is 1. The van der Waals surface area contributed by atoms with E-state index < -0.39 is 10.9 Å². The molecule has 0 fully saturated rings. The molecule has 2 aromatic rings. The van der Waals surface area contributed by atoms with Gasteiger partial charge in [-0.15, -0.1) is 0 Å². The number of benzene rings is 1. The molecule has 0 radical (unpaired) electrons. The highest BCUT2D eigenvalue weighted by molar-refractivity contribution is 6.33. The molecule has 0 atom stereocenters. The highest BCUT2D eigenvalue weighted by Gasteiger charge is 2.14. The van der Waals surface area contributed by atoms with Gasteiger partial charge in [-0.2, -0.15) is 0 Å². The van der Waals surface area contributed by atoms with Crippen molar-refractivity contribution >= 4 is 23.6 Å². The average Bonchev–Trinajstić information content (AvgIpc) is 2.94. The standard InChI is InChI=1S/C15H12ClNO5/c1-2-21-15(18)12-9-10(3-5-13(12)16)14-6-4-11(22-14)7-8-17(19)20/h3-9H,2H2,1H3. The molecule has 6 nitrogen and oxygen atoms in total. The van der Waals surface area contributed by atoms with E-state index in [-0.39, 0.29) is 17.2 Å². The van der Waals surface area contributed by atoms with Crippen LogP contribution in [0, 0.1) is 10.1 Å². The van der Waals surface area contributed by atoms with Gasteiger partial charge in [-0.1, -0.05) is 11.6 Å². The molecule has 0 bridgehead atoms. The number of ether oxygens (including phenoxy) is 1. The van der Waals surface area contributed by atoms with Crippen LogP contribution < -0.4 is 0 Å². The lowest BCUT2D eigenvalue weighted by atomic mass is 10.1. The topological polar surface area (TPSA) is 82.6 Å². The predicted molar refractivity (Wildman–Crippen MR) is 81.1 cm³/mol. The Labute approximate surface area is 131 Å². The van der Waals surface area contributed by atoms with Crippen LogP contribution in [0.15, 0.2) is 40.9 Å². The molecule has 0 N–H and O–H groups in total. The zero-order valence-corrected chi connectivity index (χ0v) is 12.4. The van der Waals surface area contributed by atoms with Crippen molar-refractivity contribution in [3.05, 3.63) is 63.0 Å². The zero-order chi connectivity index (χ0) is 16.1. The molecule has 0 aliphatic carbocycles. The third-order valence-corrected chi connectivity index (χ3v) is 3.06. The van der Waals surface area contributed by atoms with Crippen molar-refractivity contribution in [1.29, 1.82) is 0 Å². The summed E-state index contributed by atoms with van der Waals surface area (Å²) in [5.74, 6) is 0.277. The van der Waals surface area contributed by atoms with Crippen molar-refractivity contribution in [2.75, 3.05) is 6.61 Å². The van der Waals surface area contributed by atoms with Crippen molar-refractivity contribution in [3.8, 4) is 11.3 Å². The SMILES string of the molecule is CCOC(=O)c1cc(-c2ccc(C=C[N+](=O)[O-])o2)ccc1Cl. The van der Waals surface area contributed by atoms with Crippen LogP contribution in [0.25, 0.3) is 17.4 Å². The minimum absolute atomic E-state index is 0.236. The van der Waals surface area contributed by atoms with Crippen LogP contribution >= 0.6 is 11.6 Å². The Kier molecular flexibility index (Phi) is 4.95. The number of halogens is 1. The van der Waals surface area contributed by atoms with Gasteiger partial charge >= 0.3 is 5.97 Å². The smallest absolute Gasteiger partial charge is 0.339 e. The largest absolute Gasteiger partial charge is 0.462 e. The number of hydrogen-bond acceptors (Lipinski definition) is 5. The number of rotatable bonds is 5. The number of hydrogen-bond donors (Lipinski definition) is 0. The molecule has 1 heterocycles. The van der Waals surface area contributed by atoms with Crippen LogP contribution in [-0.4, -0.2) is 17.5 Å². The van der Waals surface area contributed by atoms with Crippen molar-refractivity contribution in [3.63, 3.8) is 0 Å². The van der Waals surface area contributed by atoms with Crippen LogP contribution in [0.5, 0.6) is 0 Å². The minimum Gasteiger partial charge on any atom is -0.462 e. The summed E-state index contributed by atoms with van der Waals surface area (Å²) in [5.41, 5.74) is 0.855. The molecule has 1 aromatic heterocycles. The molecule has 0 saturated heterocycles. The lowest BCUT2D eigenvalue weighted by Crippen LogP contribution is -2.05. The van der Waals surface area contributed by atoms with Crippen LogP contribution in [0.3, 0.4) is 0 Å². The van der Waals surface area contributed by atoms with Crippen molar-refractivity contribution in [1.82, 2.24) is 0 Å². The monoisotopic (exact) mass is 321 g/mol. The molecule has 0 aliphatic heterocycles. The maximum Gasteiger partial charge on any atom is 0.339 e. The van der Waals surface area contributed by atoms with E-state index in [0.717, 1.165) is 6.20 Å². The molecule has 22 heavy (non-hydrogen) atoms. The second-order valence-electron chi connectivity index (χ2n) is 4.22. The Balaban J connectivity index is 2.31. The highest BCUT2D eigenvalue weighted by Crippen LogP contribution is 2.27. The summed E-state index contributed by atoms with van der Waals surface area (Å²) in [4.78, 5) is 21.5. The van der Waals surface area contributed by atoms with Crippen molar-refractivity contribution < 1.29 is 18.9 Å². The second-order valence-corrected chi connectivity index (χ2v) is 4.63. The summed E-state index contributed by atoms with van der Waals surface area (Å²) >= 11 is 5.99. The summed E-state index contributed by atoms with van der Waals surface area (Å²) in [6.45, 7) is 1.95. The Morgan fingerprint density at radius 3 is 2.86 bits per heavy atom. The maximum absolute atomic E-state index is 11.8. The van der Waals surface area contributed by atoms with Gasteiger partial charge in [0, 0.05) is 5.56 Å². The summed E-state index contributed by atoms with van der Waals surface area (Å²) in [7, 11) is 0. The maximum atomic E-state index is 11.8. The quantitative estimate of drug-likeness (QED) is 0.472. The van der Waals surface area contributed by atoms with E-state index in [1.807, 2.05) is 0 Å².